The topological polar surface area (TPSA) is 68.3 Å². The number of benzene rings is 1. The lowest BCUT2D eigenvalue weighted by molar-refractivity contribution is -0.161. The molecule has 3 atom stereocenters. The Morgan fingerprint density at radius 3 is 2.23 bits per heavy atom. The van der Waals surface area contributed by atoms with Crippen molar-refractivity contribution < 1.29 is 18.0 Å². The van der Waals surface area contributed by atoms with E-state index < -0.39 is 31.8 Å². The Bertz CT molecular complexity index is 748. The zero-order valence-corrected chi connectivity index (χ0v) is 13.8. The molecule has 22 heavy (non-hydrogen) atoms. The normalized spacial score (nSPS) is 34.0. The van der Waals surface area contributed by atoms with Crippen LogP contribution in [0.3, 0.4) is 0 Å². The monoisotopic (exact) mass is 320 g/mol. The van der Waals surface area contributed by atoms with Crippen LogP contribution in [0.2, 0.25) is 0 Å². The van der Waals surface area contributed by atoms with Crippen molar-refractivity contribution in [2.75, 3.05) is 0 Å². The van der Waals surface area contributed by atoms with Crippen LogP contribution in [0.1, 0.15) is 33.6 Å². The Balaban J connectivity index is 2.12. The maximum atomic E-state index is 13.0. The molecule has 4 nitrogen and oxygen atoms in total. The minimum absolute atomic E-state index is 0.0200. The van der Waals surface area contributed by atoms with Gasteiger partial charge in [0.05, 0.1) is 15.6 Å². The van der Waals surface area contributed by atoms with Crippen molar-refractivity contribution in [2.45, 2.75) is 43.8 Å². The van der Waals surface area contributed by atoms with Crippen LogP contribution in [0.4, 0.5) is 0 Å². The lowest BCUT2D eigenvalue weighted by atomic mass is 9.50. The molecule has 3 saturated carbocycles. The van der Waals surface area contributed by atoms with Gasteiger partial charge in [0.2, 0.25) is 0 Å². The number of hydrogen-bond acceptors (Lipinski definition) is 4. The molecular weight excluding hydrogens is 300 g/mol. The molecule has 0 spiro atoms. The van der Waals surface area contributed by atoms with Crippen LogP contribution in [0.5, 0.6) is 0 Å². The molecule has 0 radical (unpaired) electrons. The molecule has 2 bridgehead atoms. The van der Waals surface area contributed by atoms with Crippen molar-refractivity contribution in [2.24, 2.45) is 16.7 Å². The second-order valence-electron chi connectivity index (χ2n) is 7.25. The first-order valence-electron chi connectivity index (χ1n) is 7.48. The molecule has 3 fully saturated rings. The van der Waals surface area contributed by atoms with Gasteiger partial charge in [0.1, 0.15) is 11.6 Å². The molecule has 4 rings (SSSR count). The van der Waals surface area contributed by atoms with Gasteiger partial charge in [-0.2, -0.15) is 0 Å². The van der Waals surface area contributed by atoms with Crippen LogP contribution >= 0.6 is 0 Å². The highest BCUT2D eigenvalue weighted by Gasteiger charge is 2.65. The Morgan fingerprint density at radius 1 is 1.05 bits per heavy atom. The molecule has 0 heterocycles. The summed E-state index contributed by atoms with van der Waals surface area (Å²) in [5.41, 5.74) is -1.89. The van der Waals surface area contributed by atoms with Crippen molar-refractivity contribution in [3.05, 3.63) is 30.3 Å². The van der Waals surface area contributed by atoms with E-state index in [2.05, 4.69) is 0 Å². The third-order valence-corrected chi connectivity index (χ3v) is 7.90. The molecule has 0 aliphatic heterocycles. The van der Waals surface area contributed by atoms with Crippen molar-refractivity contribution in [3.63, 3.8) is 0 Å². The van der Waals surface area contributed by atoms with Crippen LogP contribution < -0.4 is 0 Å². The van der Waals surface area contributed by atoms with Crippen molar-refractivity contribution in [3.8, 4) is 0 Å². The van der Waals surface area contributed by atoms with Crippen LogP contribution in [0.15, 0.2) is 35.2 Å². The lowest BCUT2D eigenvalue weighted by Gasteiger charge is -2.54. The highest BCUT2D eigenvalue weighted by atomic mass is 32.2. The maximum Gasteiger partial charge on any atom is 0.182 e. The summed E-state index contributed by atoms with van der Waals surface area (Å²) in [6.45, 7) is 5.18. The molecule has 0 aromatic heterocycles. The second kappa shape index (κ2) is 4.51. The molecule has 118 valence electrons. The van der Waals surface area contributed by atoms with E-state index in [-0.39, 0.29) is 29.3 Å². The summed E-state index contributed by atoms with van der Waals surface area (Å²) in [6, 6.07) is 8.21. The maximum absolute atomic E-state index is 13.0. The molecule has 0 amide bonds. The van der Waals surface area contributed by atoms with Gasteiger partial charge in [-0.1, -0.05) is 39.0 Å². The Kier molecular flexibility index (Phi) is 3.16. The third-order valence-electron chi connectivity index (χ3n) is 5.51. The molecule has 5 heteroatoms. The number of carbonyl (C=O) groups excluding carboxylic acids is 2. The molecular formula is C17H20O4S. The predicted octanol–water partition coefficient (Wildman–Crippen LogP) is 2.42. The average Bonchev–Trinajstić information content (AvgIpc) is 2.45. The summed E-state index contributed by atoms with van der Waals surface area (Å²) in [4.78, 5) is 25.4. The van der Waals surface area contributed by atoms with E-state index in [0.717, 1.165) is 0 Å². The standard InChI is InChI=1S/C17H20O4S/c1-16(2)12-9-14(17(3,15(16)19)10-13(12)18)22(20,21)11-7-5-4-6-8-11/h4-8,12,14H,9-10H2,1-3H3/t12-,14-,17-/m0/s1. The van der Waals surface area contributed by atoms with Gasteiger partial charge in [0.15, 0.2) is 9.84 Å². The zero-order valence-electron chi connectivity index (χ0n) is 13.0. The SMILES string of the molecule is CC1(C)C(=O)[C@@]2(C)CC(=O)[C@@H]1C[C@@H]2S(=O)(=O)c1ccccc1. The van der Waals surface area contributed by atoms with Gasteiger partial charge in [-0.25, -0.2) is 8.42 Å². The fourth-order valence-corrected chi connectivity index (χ4v) is 6.45. The highest BCUT2D eigenvalue weighted by Crippen LogP contribution is 2.57. The van der Waals surface area contributed by atoms with Crippen LogP contribution in [-0.2, 0) is 19.4 Å². The number of ketones is 2. The Morgan fingerprint density at radius 2 is 1.64 bits per heavy atom. The van der Waals surface area contributed by atoms with E-state index in [0.29, 0.717) is 0 Å². The van der Waals surface area contributed by atoms with Crippen LogP contribution in [0.25, 0.3) is 0 Å². The lowest BCUT2D eigenvalue weighted by Crippen LogP contribution is -2.64. The first-order chi connectivity index (χ1) is 10.1. The van der Waals surface area contributed by atoms with Gasteiger partial charge in [-0.05, 0) is 18.6 Å². The van der Waals surface area contributed by atoms with Gasteiger partial charge in [0, 0.05) is 17.8 Å². The van der Waals surface area contributed by atoms with Crippen LogP contribution in [0, 0.1) is 16.7 Å². The molecule has 3 aliphatic rings. The molecule has 1 aromatic rings. The molecule has 0 unspecified atom stereocenters. The summed E-state index contributed by atoms with van der Waals surface area (Å²) < 4.78 is 26.0. The zero-order chi connectivity index (χ0) is 16.3. The van der Waals surface area contributed by atoms with E-state index >= 15 is 0 Å². The molecule has 0 N–H and O–H groups in total. The summed E-state index contributed by atoms with van der Waals surface area (Å²) in [7, 11) is -3.63. The number of Topliss-reactive ketones (excluding diaryl/α,β-unsaturated/α-hetero) is 2. The largest absolute Gasteiger partial charge is 0.299 e. The number of fused-ring (bicyclic) bond motifs is 3. The first kappa shape index (κ1) is 15.4. The molecule has 1 aromatic carbocycles. The van der Waals surface area contributed by atoms with Crippen molar-refractivity contribution in [1.29, 1.82) is 0 Å². The fourth-order valence-electron chi connectivity index (χ4n) is 4.27. The Labute approximate surface area is 130 Å². The second-order valence-corrected chi connectivity index (χ2v) is 9.38. The Hall–Kier alpha value is -1.49. The minimum atomic E-state index is -3.63. The highest BCUT2D eigenvalue weighted by molar-refractivity contribution is 7.92. The van der Waals surface area contributed by atoms with Gasteiger partial charge in [0.25, 0.3) is 0 Å². The third kappa shape index (κ3) is 1.84. The van der Waals surface area contributed by atoms with E-state index in [9.17, 15) is 18.0 Å². The van der Waals surface area contributed by atoms with Crippen molar-refractivity contribution >= 4 is 21.4 Å². The average molecular weight is 320 g/mol. The van der Waals surface area contributed by atoms with E-state index in [1.165, 1.54) is 0 Å². The van der Waals surface area contributed by atoms with Gasteiger partial charge >= 0.3 is 0 Å². The van der Waals surface area contributed by atoms with Gasteiger partial charge in [-0.15, -0.1) is 0 Å². The number of rotatable bonds is 2. The van der Waals surface area contributed by atoms with E-state index in [1.807, 2.05) is 0 Å². The quantitative estimate of drug-likeness (QED) is 0.839. The summed E-state index contributed by atoms with van der Waals surface area (Å²) >= 11 is 0. The number of carbonyl (C=O) groups is 2. The summed E-state index contributed by atoms with van der Waals surface area (Å²) in [5.74, 6) is -0.572. The minimum Gasteiger partial charge on any atom is -0.299 e. The van der Waals surface area contributed by atoms with E-state index in [1.54, 1.807) is 51.1 Å². The molecule has 3 aliphatic carbocycles. The first-order valence-corrected chi connectivity index (χ1v) is 9.03. The van der Waals surface area contributed by atoms with Crippen LogP contribution in [-0.4, -0.2) is 25.2 Å². The summed E-state index contributed by atoms with van der Waals surface area (Å²) in [5, 5.41) is -0.814. The number of sulfone groups is 1. The van der Waals surface area contributed by atoms with E-state index in [4.69, 9.17) is 0 Å². The predicted molar refractivity (Wildman–Crippen MR) is 82.0 cm³/mol. The number of hydrogen-bond donors (Lipinski definition) is 0. The molecule has 0 saturated heterocycles. The summed E-state index contributed by atoms with van der Waals surface area (Å²) in [6.07, 6.45) is 0.280. The van der Waals surface area contributed by atoms with Crippen molar-refractivity contribution in [1.82, 2.24) is 0 Å². The van der Waals surface area contributed by atoms with Gasteiger partial charge in [-0.3, -0.25) is 9.59 Å². The smallest absolute Gasteiger partial charge is 0.182 e. The van der Waals surface area contributed by atoms with Gasteiger partial charge < -0.3 is 0 Å². The fraction of sp³-hybridized carbons (Fsp3) is 0.529.